The zero-order chi connectivity index (χ0) is 65.9. The van der Waals surface area contributed by atoms with E-state index >= 15 is 0 Å². The van der Waals surface area contributed by atoms with E-state index in [0.717, 1.165) is 108 Å². The Hall–Kier alpha value is -1.94. The summed E-state index contributed by atoms with van der Waals surface area (Å²) in [4.78, 5) is 72.2. The average Bonchev–Trinajstić information content (AvgIpc) is 3.70. The first kappa shape index (κ1) is 87.1. The fourth-order valence-corrected chi connectivity index (χ4v) is 12.1. The molecule has 0 amide bonds. The van der Waals surface area contributed by atoms with Crippen LogP contribution in [0.5, 0.6) is 0 Å². The first-order chi connectivity index (χ1) is 42.7. The average molecular weight is 1310 g/mol. The van der Waals surface area contributed by atoms with Gasteiger partial charge in [-0.15, -0.1) is 0 Å². The lowest BCUT2D eigenvalue weighted by Gasteiger charge is -2.21. The Morgan fingerprint density at radius 2 is 0.517 bits per heavy atom. The van der Waals surface area contributed by atoms with Crippen LogP contribution in [0.1, 0.15) is 350 Å². The van der Waals surface area contributed by atoms with E-state index in [4.69, 9.17) is 37.0 Å². The summed E-state index contributed by atoms with van der Waals surface area (Å²) in [5.74, 6) is 0.135. The number of aliphatic hydroxyl groups excluding tert-OH is 1. The molecule has 528 valence electrons. The molecule has 0 saturated heterocycles. The molecule has 0 bridgehead atoms. The van der Waals surface area contributed by atoms with Crippen molar-refractivity contribution in [1.29, 1.82) is 0 Å². The number of esters is 4. The monoisotopic (exact) mass is 1310 g/mol. The van der Waals surface area contributed by atoms with Crippen molar-refractivity contribution in [2.75, 3.05) is 39.6 Å². The van der Waals surface area contributed by atoms with Gasteiger partial charge in [-0.3, -0.25) is 37.3 Å². The molecule has 0 saturated carbocycles. The molecule has 0 aromatic carbocycles. The third kappa shape index (κ3) is 64.6. The molecule has 0 aromatic heterocycles. The number of phosphoric ester groups is 2. The molecule has 3 N–H and O–H groups in total. The summed E-state index contributed by atoms with van der Waals surface area (Å²) in [6, 6.07) is 0. The van der Waals surface area contributed by atoms with Crippen molar-refractivity contribution in [3.05, 3.63) is 0 Å². The van der Waals surface area contributed by atoms with Gasteiger partial charge in [0, 0.05) is 25.7 Å². The van der Waals surface area contributed by atoms with Gasteiger partial charge < -0.3 is 33.8 Å². The molecule has 0 rings (SSSR count). The lowest BCUT2D eigenvalue weighted by Crippen LogP contribution is -2.30. The number of aliphatic hydroxyl groups is 1. The van der Waals surface area contributed by atoms with E-state index in [2.05, 4.69) is 48.5 Å². The zero-order valence-corrected chi connectivity index (χ0v) is 59.7. The molecular weight excluding hydrogens is 1170 g/mol. The van der Waals surface area contributed by atoms with E-state index in [1.807, 2.05) is 0 Å². The van der Waals surface area contributed by atoms with E-state index in [9.17, 15) is 43.2 Å². The van der Waals surface area contributed by atoms with Gasteiger partial charge in [0.15, 0.2) is 12.2 Å². The fourth-order valence-electron chi connectivity index (χ4n) is 10.5. The highest BCUT2D eigenvalue weighted by Crippen LogP contribution is 2.45. The van der Waals surface area contributed by atoms with Crippen molar-refractivity contribution in [2.45, 2.75) is 369 Å². The Balaban J connectivity index is 5.11. The SMILES string of the molecule is CCCCCCCC(=O)OC[C@H](COP(=O)(O)OC[C@H](O)COP(=O)(O)OC[C@@H](COC(=O)CCCCCCCCCCCCC(C)C)OC(=O)CCCCCCCCCCCCCCCCCCCCC(C)C)OC(=O)CCCCCCCCCC(C)C. The minimum absolute atomic E-state index is 0.102. The van der Waals surface area contributed by atoms with Gasteiger partial charge in [-0.05, 0) is 43.4 Å². The van der Waals surface area contributed by atoms with Crippen molar-refractivity contribution in [2.24, 2.45) is 17.8 Å². The van der Waals surface area contributed by atoms with E-state index in [1.54, 1.807) is 0 Å². The Morgan fingerprint density at radius 3 is 0.764 bits per heavy atom. The number of carbonyl (C=O) groups is 4. The van der Waals surface area contributed by atoms with E-state index in [0.29, 0.717) is 31.6 Å². The predicted octanol–water partition coefficient (Wildman–Crippen LogP) is 19.8. The molecule has 0 fully saturated rings. The van der Waals surface area contributed by atoms with E-state index in [1.165, 1.54) is 154 Å². The molecule has 0 radical (unpaired) electrons. The molecule has 0 spiro atoms. The first-order valence-corrected chi connectivity index (χ1v) is 39.3. The van der Waals surface area contributed by atoms with Gasteiger partial charge in [-0.2, -0.15) is 0 Å². The summed E-state index contributed by atoms with van der Waals surface area (Å²) < 4.78 is 68.0. The van der Waals surface area contributed by atoms with Crippen LogP contribution in [0.4, 0.5) is 0 Å². The first-order valence-electron chi connectivity index (χ1n) is 36.3. The molecule has 2 unspecified atom stereocenters. The maximum Gasteiger partial charge on any atom is 0.472 e. The van der Waals surface area contributed by atoms with Crippen molar-refractivity contribution in [3.8, 4) is 0 Å². The Kier molecular flexibility index (Phi) is 59.6. The van der Waals surface area contributed by atoms with Gasteiger partial charge in [0.25, 0.3) is 0 Å². The van der Waals surface area contributed by atoms with Crippen LogP contribution in [0.2, 0.25) is 0 Å². The summed E-state index contributed by atoms with van der Waals surface area (Å²) in [5, 5.41) is 10.5. The fraction of sp³-hybridized carbons (Fsp3) is 0.943. The highest BCUT2D eigenvalue weighted by molar-refractivity contribution is 7.47. The predicted molar refractivity (Wildman–Crippen MR) is 358 cm³/mol. The highest BCUT2D eigenvalue weighted by atomic mass is 31.2. The number of ether oxygens (including phenoxy) is 4. The standard InChI is InChI=1S/C70H136O17P2/c1-8-9-10-34-44-51-67(72)80-57-65(86-70(75)54-47-40-33-27-30-37-43-50-63(6)7)59-84-88(76,77)82-55-64(71)56-83-89(78,79)85-60-66(58-81-68(73)52-45-38-31-25-22-21-24-29-36-42-49-62(4)5)87-69(74)53-46-39-32-26-20-18-16-14-12-11-13-15-17-19-23-28-35-41-48-61(2)3/h61-66,71H,8-60H2,1-7H3,(H,76,77)(H,78,79)/t64-,65+,66+/m0/s1. The number of hydrogen-bond donors (Lipinski definition) is 3. The maximum atomic E-state index is 13.0. The summed E-state index contributed by atoms with van der Waals surface area (Å²) in [5.41, 5.74) is 0. The molecule has 89 heavy (non-hydrogen) atoms. The number of hydrogen-bond acceptors (Lipinski definition) is 15. The van der Waals surface area contributed by atoms with Crippen LogP contribution in [0.25, 0.3) is 0 Å². The van der Waals surface area contributed by atoms with Crippen LogP contribution in [0.3, 0.4) is 0 Å². The maximum absolute atomic E-state index is 13.0. The number of carbonyl (C=O) groups excluding carboxylic acids is 4. The van der Waals surface area contributed by atoms with Gasteiger partial charge in [0.2, 0.25) is 0 Å². The Labute approximate surface area is 543 Å². The van der Waals surface area contributed by atoms with Crippen LogP contribution in [0.15, 0.2) is 0 Å². The smallest absolute Gasteiger partial charge is 0.462 e. The molecule has 0 aliphatic rings. The minimum atomic E-state index is -4.95. The van der Waals surface area contributed by atoms with Crippen LogP contribution >= 0.6 is 15.6 Å². The summed E-state index contributed by atoms with van der Waals surface area (Å²) in [7, 11) is -9.89. The van der Waals surface area contributed by atoms with Gasteiger partial charge in [-0.1, -0.05) is 299 Å². The summed E-state index contributed by atoms with van der Waals surface area (Å²) in [6.07, 6.45) is 45.1. The van der Waals surface area contributed by atoms with Crippen LogP contribution in [-0.2, 0) is 65.4 Å². The molecule has 0 aromatic rings. The van der Waals surface area contributed by atoms with Crippen LogP contribution in [0, 0.1) is 17.8 Å². The lowest BCUT2D eigenvalue weighted by molar-refractivity contribution is -0.161. The summed E-state index contributed by atoms with van der Waals surface area (Å²) >= 11 is 0. The Morgan fingerprint density at radius 1 is 0.303 bits per heavy atom. The van der Waals surface area contributed by atoms with Crippen molar-refractivity contribution in [3.63, 3.8) is 0 Å². The molecule has 19 heteroatoms. The van der Waals surface area contributed by atoms with Gasteiger partial charge in [-0.25, -0.2) is 9.13 Å². The van der Waals surface area contributed by atoms with Gasteiger partial charge >= 0.3 is 39.5 Å². The molecule has 5 atom stereocenters. The van der Waals surface area contributed by atoms with Crippen molar-refractivity contribution in [1.82, 2.24) is 0 Å². The Bertz CT molecular complexity index is 1750. The molecule has 17 nitrogen and oxygen atoms in total. The lowest BCUT2D eigenvalue weighted by atomic mass is 10.0. The van der Waals surface area contributed by atoms with Crippen LogP contribution < -0.4 is 0 Å². The number of unbranched alkanes of at least 4 members (excludes halogenated alkanes) is 36. The van der Waals surface area contributed by atoms with E-state index < -0.39 is 97.5 Å². The largest absolute Gasteiger partial charge is 0.472 e. The molecular formula is C70H136O17P2. The normalized spacial score (nSPS) is 14.2. The molecule has 0 heterocycles. The van der Waals surface area contributed by atoms with Crippen molar-refractivity contribution >= 4 is 39.5 Å². The quantitative estimate of drug-likeness (QED) is 0.0222. The summed E-state index contributed by atoms with van der Waals surface area (Å²) in [6.45, 7) is 11.7. The van der Waals surface area contributed by atoms with Gasteiger partial charge in [0.05, 0.1) is 26.4 Å². The van der Waals surface area contributed by atoms with E-state index in [-0.39, 0.29) is 25.7 Å². The third-order valence-electron chi connectivity index (χ3n) is 16.1. The minimum Gasteiger partial charge on any atom is -0.462 e. The number of phosphoric acid groups is 2. The second-order valence-corrected chi connectivity index (χ2v) is 29.6. The van der Waals surface area contributed by atoms with Crippen molar-refractivity contribution < 1.29 is 80.2 Å². The highest BCUT2D eigenvalue weighted by Gasteiger charge is 2.30. The van der Waals surface area contributed by atoms with Gasteiger partial charge in [0.1, 0.15) is 19.3 Å². The topological polar surface area (TPSA) is 237 Å². The second kappa shape index (κ2) is 61.0. The number of rotatable bonds is 68. The molecule has 0 aliphatic heterocycles. The second-order valence-electron chi connectivity index (χ2n) is 26.7. The molecule has 0 aliphatic carbocycles. The van der Waals surface area contributed by atoms with Crippen LogP contribution in [-0.4, -0.2) is 96.7 Å². The zero-order valence-electron chi connectivity index (χ0n) is 57.9. The third-order valence-corrected chi connectivity index (χ3v) is 18.0.